The van der Waals surface area contributed by atoms with Gasteiger partial charge in [-0.15, -0.1) is 0 Å². The van der Waals surface area contributed by atoms with Crippen LogP contribution in [-0.2, 0) is 0 Å². The lowest BCUT2D eigenvalue weighted by Gasteiger charge is -2.07. The topological polar surface area (TPSA) is 62.1 Å². The van der Waals surface area contributed by atoms with Crippen molar-refractivity contribution in [1.82, 2.24) is 5.32 Å². The number of carbonyl (C=O) groups is 1. The lowest BCUT2D eigenvalue weighted by atomic mass is 10.1. The normalized spacial score (nSPS) is 9.72. The highest BCUT2D eigenvalue weighted by atomic mass is 16.6. The van der Waals surface area contributed by atoms with Gasteiger partial charge in [0.15, 0.2) is 0 Å². The molecule has 4 nitrogen and oxygen atoms in total. The van der Waals surface area contributed by atoms with Crippen molar-refractivity contribution < 1.29 is 9.53 Å². The summed E-state index contributed by atoms with van der Waals surface area (Å²) in [4.78, 5) is 11.5. The van der Waals surface area contributed by atoms with Gasteiger partial charge >= 0.3 is 6.09 Å². The van der Waals surface area contributed by atoms with Crippen molar-refractivity contribution in [2.45, 2.75) is 6.42 Å². The number of carbonyl (C=O) groups excluding carboxylic acids is 1. The predicted octanol–water partition coefficient (Wildman–Crippen LogP) is 2.84. The fraction of sp³-hybridized carbons (Fsp3) is 0.143. The van der Waals surface area contributed by atoms with Crippen molar-refractivity contribution in [1.29, 1.82) is 5.26 Å². The number of nitrogens with zero attached hydrogens (tertiary/aromatic N) is 1. The number of benzene rings is 2. The average molecular weight is 240 g/mol. The van der Waals surface area contributed by atoms with E-state index in [1.54, 1.807) is 6.07 Å². The maximum atomic E-state index is 11.5. The van der Waals surface area contributed by atoms with Gasteiger partial charge in [-0.25, -0.2) is 4.79 Å². The molecule has 0 unspecified atom stereocenters. The number of fused-ring (bicyclic) bond motifs is 1. The van der Waals surface area contributed by atoms with Crippen molar-refractivity contribution in [3.8, 4) is 11.8 Å². The lowest BCUT2D eigenvalue weighted by Crippen LogP contribution is -2.27. The molecule has 0 spiro atoms. The van der Waals surface area contributed by atoms with Crippen LogP contribution in [0.5, 0.6) is 5.75 Å². The van der Waals surface area contributed by atoms with Crippen molar-refractivity contribution in [3.63, 3.8) is 0 Å². The highest BCUT2D eigenvalue weighted by molar-refractivity contribution is 5.90. The maximum absolute atomic E-state index is 11.5. The van der Waals surface area contributed by atoms with Crippen LogP contribution in [-0.4, -0.2) is 12.6 Å². The van der Waals surface area contributed by atoms with Crippen LogP contribution in [0.1, 0.15) is 6.42 Å². The van der Waals surface area contributed by atoms with Gasteiger partial charge in [0.05, 0.1) is 12.5 Å². The number of amides is 1. The first-order valence-electron chi connectivity index (χ1n) is 5.61. The van der Waals surface area contributed by atoms with Gasteiger partial charge in [0.2, 0.25) is 0 Å². The second kappa shape index (κ2) is 5.69. The summed E-state index contributed by atoms with van der Waals surface area (Å²) in [5, 5.41) is 12.8. The molecule has 2 aromatic rings. The van der Waals surface area contributed by atoms with Gasteiger partial charge in [0.25, 0.3) is 0 Å². The molecule has 0 aliphatic heterocycles. The Bertz CT molecular complexity index is 597. The third-order valence-corrected chi connectivity index (χ3v) is 2.46. The van der Waals surface area contributed by atoms with Crippen molar-refractivity contribution in [2.75, 3.05) is 6.54 Å². The van der Waals surface area contributed by atoms with Crippen LogP contribution in [0.25, 0.3) is 10.8 Å². The molecular formula is C14H12N2O2. The highest BCUT2D eigenvalue weighted by Crippen LogP contribution is 2.24. The third kappa shape index (κ3) is 2.77. The smallest absolute Gasteiger partial charge is 0.410 e. The van der Waals surface area contributed by atoms with Gasteiger partial charge in [0.1, 0.15) is 5.75 Å². The molecule has 0 saturated heterocycles. The number of nitriles is 1. The second-order valence-electron chi connectivity index (χ2n) is 3.70. The highest BCUT2D eigenvalue weighted by Gasteiger charge is 2.06. The first-order valence-corrected chi connectivity index (χ1v) is 5.61. The summed E-state index contributed by atoms with van der Waals surface area (Å²) in [5.41, 5.74) is 0. The Morgan fingerprint density at radius 2 is 2.00 bits per heavy atom. The molecule has 4 heteroatoms. The van der Waals surface area contributed by atoms with Crippen LogP contribution in [0.15, 0.2) is 42.5 Å². The summed E-state index contributed by atoms with van der Waals surface area (Å²) >= 11 is 0. The number of hydrogen-bond donors (Lipinski definition) is 1. The summed E-state index contributed by atoms with van der Waals surface area (Å²) in [7, 11) is 0. The van der Waals surface area contributed by atoms with Gasteiger partial charge in [-0.1, -0.05) is 36.4 Å². The molecule has 0 saturated carbocycles. The molecule has 0 radical (unpaired) electrons. The Kier molecular flexibility index (Phi) is 3.77. The molecule has 0 fully saturated rings. The molecule has 0 aromatic heterocycles. The molecule has 18 heavy (non-hydrogen) atoms. The summed E-state index contributed by atoms with van der Waals surface area (Å²) in [6, 6.07) is 15.1. The van der Waals surface area contributed by atoms with Crippen LogP contribution < -0.4 is 10.1 Å². The molecule has 2 rings (SSSR count). The number of ether oxygens (including phenoxy) is 1. The Hall–Kier alpha value is -2.54. The van der Waals surface area contributed by atoms with Crippen molar-refractivity contribution in [2.24, 2.45) is 0 Å². The summed E-state index contributed by atoms with van der Waals surface area (Å²) in [6.45, 7) is 0.292. The van der Waals surface area contributed by atoms with E-state index in [4.69, 9.17) is 10.00 Å². The molecule has 1 amide bonds. The third-order valence-electron chi connectivity index (χ3n) is 2.46. The van der Waals surface area contributed by atoms with Gasteiger partial charge < -0.3 is 10.1 Å². The Labute approximate surface area is 105 Å². The molecule has 0 aliphatic carbocycles. The van der Waals surface area contributed by atoms with Crippen LogP contribution >= 0.6 is 0 Å². The van der Waals surface area contributed by atoms with E-state index < -0.39 is 6.09 Å². The summed E-state index contributed by atoms with van der Waals surface area (Å²) < 4.78 is 5.21. The lowest BCUT2D eigenvalue weighted by molar-refractivity contribution is 0.201. The van der Waals surface area contributed by atoms with Crippen molar-refractivity contribution in [3.05, 3.63) is 42.5 Å². The van der Waals surface area contributed by atoms with E-state index in [9.17, 15) is 4.79 Å². The number of rotatable bonds is 3. The SMILES string of the molecule is N#CCCNC(=O)Oc1cccc2ccccc12. The van der Waals surface area contributed by atoms with E-state index in [0.29, 0.717) is 12.3 Å². The van der Waals surface area contributed by atoms with E-state index in [1.807, 2.05) is 42.5 Å². The maximum Gasteiger partial charge on any atom is 0.412 e. The zero-order valence-corrected chi connectivity index (χ0v) is 9.72. The predicted molar refractivity (Wildman–Crippen MR) is 68.2 cm³/mol. The van der Waals surface area contributed by atoms with Crippen LogP contribution in [0.2, 0.25) is 0 Å². The quantitative estimate of drug-likeness (QED) is 0.839. The number of hydrogen-bond acceptors (Lipinski definition) is 3. The van der Waals surface area contributed by atoms with Crippen molar-refractivity contribution >= 4 is 16.9 Å². The molecule has 0 aliphatic rings. The van der Waals surface area contributed by atoms with Gasteiger partial charge in [-0.2, -0.15) is 5.26 Å². The molecule has 2 aromatic carbocycles. The van der Waals surface area contributed by atoms with Gasteiger partial charge in [0, 0.05) is 11.9 Å². The van der Waals surface area contributed by atoms with Crippen LogP contribution in [0.4, 0.5) is 4.79 Å². The van der Waals surface area contributed by atoms with E-state index >= 15 is 0 Å². The first kappa shape index (κ1) is 11.9. The van der Waals surface area contributed by atoms with Crippen LogP contribution in [0, 0.1) is 11.3 Å². The zero-order chi connectivity index (χ0) is 12.8. The van der Waals surface area contributed by atoms with E-state index in [1.165, 1.54) is 0 Å². The van der Waals surface area contributed by atoms with Crippen LogP contribution in [0.3, 0.4) is 0 Å². The molecule has 0 atom stereocenters. The minimum absolute atomic E-state index is 0.268. The monoisotopic (exact) mass is 240 g/mol. The fourth-order valence-corrected chi connectivity index (χ4v) is 1.64. The Morgan fingerprint density at radius 1 is 1.22 bits per heavy atom. The molecule has 0 bridgehead atoms. The Balaban J connectivity index is 2.12. The second-order valence-corrected chi connectivity index (χ2v) is 3.70. The largest absolute Gasteiger partial charge is 0.412 e. The molecule has 0 heterocycles. The van der Waals surface area contributed by atoms with E-state index in [-0.39, 0.29) is 6.42 Å². The fourth-order valence-electron chi connectivity index (χ4n) is 1.64. The molecule has 90 valence electrons. The zero-order valence-electron chi connectivity index (χ0n) is 9.72. The Morgan fingerprint density at radius 3 is 2.83 bits per heavy atom. The standard InChI is InChI=1S/C14H12N2O2/c15-9-4-10-16-14(17)18-13-8-3-6-11-5-1-2-7-12(11)13/h1-3,5-8H,4,10H2,(H,16,17). The van der Waals surface area contributed by atoms with Gasteiger partial charge in [-0.3, -0.25) is 0 Å². The summed E-state index contributed by atoms with van der Waals surface area (Å²) in [6.07, 6.45) is -0.272. The number of nitrogens with one attached hydrogen (secondary N) is 1. The van der Waals surface area contributed by atoms with E-state index in [2.05, 4.69) is 5.32 Å². The van der Waals surface area contributed by atoms with E-state index in [0.717, 1.165) is 10.8 Å². The summed E-state index contributed by atoms with van der Waals surface area (Å²) in [5.74, 6) is 0.516. The minimum atomic E-state index is -0.540. The minimum Gasteiger partial charge on any atom is -0.410 e. The molecule has 1 N–H and O–H groups in total. The average Bonchev–Trinajstić information content (AvgIpc) is 2.39. The first-order chi connectivity index (χ1) is 8.81. The molecular weight excluding hydrogens is 228 g/mol. The van der Waals surface area contributed by atoms with Gasteiger partial charge in [-0.05, 0) is 11.5 Å².